The Morgan fingerprint density at radius 2 is 1.02 bits per heavy atom. The van der Waals surface area contributed by atoms with Crippen LogP contribution < -0.4 is 10.5 Å². The molecule has 0 heterocycles. The zero-order valence-electron chi connectivity index (χ0n) is 23.3. The minimum atomic E-state index is -3.78. The van der Waals surface area contributed by atoms with Gasteiger partial charge in [-0.2, -0.15) is 0 Å². The van der Waals surface area contributed by atoms with Crippen molar-refractivity contribution in [3.05, 3.63) is 149 Å². The van der Waals surface area contributed by atoms with Crippen LogP contribution in [0.3, 0.4) is 0 Å². The monoisotopic (exact) mass is 638 g/mol. The van der Waals surface area contributed by atoms with Crippen molar-refractivity contribution in [2.24, 2.45) is 5.73 Å². The topological polar surface area (TPSA) is 72.2 Å². The Hall–Kier alpha value is -3.15. The molecule has 0 aliphatic heterocycles. The number of aryl methyl sites for hydroxylation is 4. The van der Waals surface area contributed by atoms with Gasteiger partial charge in [-0.25, -0.2) is 13.1 Å². The molecule has 0 aliphatic rings. The summed E-state index contributed by atoms with van der Waals surface area (Å²) >= 11 is 0. The average molecular weight is 638 g/mol. The normalized spacial score (nSPS) is 12.5. The Balaban J connectivity index is 0.000000340. The van der Waals surface area contributed by atoms with E-state index < -0.39 is 22.1 Å². The van der Waals surface area contributed by atoms with Gasteiger partial charge in [0.15, 0.2) is 0 Å². The van der Waals surface area contributed by atoms with Crippen molar-refractivity contribution < 1.29 is 27.9 Å². The molecule has 5 aromatic carbocycles. The van der Waals surface area contributed by atoms with Crippen molar-refractivity contribution in [2.75, 3.05) is 0 Å². The van der Waals surface area contributed by atoms with Crippen LogP contribution >= 0.6 is 0 Å². The second-order valence-corrected chi connectivity index (χ2v) is 11.7. The van der Waals surface area contributed by atoms with E-state index in [2.05, 4.69) is 44.5 Å². The fourth-order valence-electron chi connectivity index (χ4n) is 4.55. The number of hydrogen-bond acceptors (Lipinski definition) is 3. The molecule has 0 unspecified atom stereocenters. The molecule has 5 aromatic rings. The first-order valence-corrected chi connectivity index (χ1v) is 14.5. The maximum absolute atomic E-state index is 13.2. The third-order valence-electron chi connectivity index (χ3n) is 7.13. The van der Waals surface area contributed by atoms with Gasteiger partial charge in [-0.3, -0.25) is 0 Å². The fraction of sp³-hybridized carbons (Fsp3) is 0.176. The molecule has 0 bridgehead atoms. The molecular formula is C34H36N2O2RuS. The standard InChI is InChI=1S/C24H22N2O2S.C10H14.Ru/c25-23(19-10-3-1-4-11-19)24(20-12-5-2-6-13-20)26-29(27,28)22-16-15-18-9-7-8-14-21(18)17-22;1-7-5-9(3)10(4)6-8(7)2;/h1-17,23-24,26H,25H2;5-6H,1-4H3;/t23-,24-;;/m1../s1. The summed E-state index contributed by atoms with van der Waals surface area (Å²) in [6.45, 7) is 8.62. The van der Waals surface area contributed by atoms with Crippen molar-refractivity contribution in [1.82, 2.24) is 4.72 Å². The van der Waals surface area contributed by atoms with Crippen molar-refractivity contribution in [3.63, 3.8) is 0 Å². The van der Waals surface area contributed by atoms with Gasteiger partial charge >= 0.3 is 0 Å². The van der Waals surface area contributed by atoms with E-state index in [-0.39, 0.29) is 24.4 Å². The van der Waals surface area contributed by atoms with E-state index in [0.717, 1.165) is 21.9 Å². The van der Waals surface area contributed by atoms with E-state index in [0.29, 0.717) is 0 Å². The SMILES string of the molecule is Cc1cc(C)c(C)cc1C.N[C@H](c1ccccc1)[C@H](NS(=O)(=O)c1ccc2ccccc2c1)c1ccccc1.[Ru]. The van der Waals surface area contributed by atoms with E-state index in [9.17, 15) is 8.42 Å². The molecule has 0 amide bonds. The minimum Gasteiger partial charge on any atom is -0.322 e. The van der Waals surface area contributed by atoms with Crippen LogP contribution in [0, 0.1) is 27.7 Å². The van der Waals surface area contributed by atoms with Gasteiger partial charge < -0.3 is 5.73 Å². The molecule has 0 saturated carbocycles. The molecule has 5 rings (SSSR count). The van der Waals surface area contributed by atoms with Gasteiger partial charge in [-0.15, -0.1) is 0 Å². The second kappa shape index (κ2) is 14.0. The first-order chi connectivity index (χ1) is 18.7. The Kier molecular flexibility index (Phi) is 11.0. The van der Waals surface area contributed by atoms with Gasteiger partial charge in [0.1, 0.15) is 0 Å². The largest absolute Gasteiger partial charge is 0.322 e. The van der Waals surface area contributed by atoms with Crippen LogP contribution in [0.2, 0.25) is 0 Å². The molecule has 0 aliphatic carbocycles. The predicted molar refractivity (Wildman–Crippen MR) is 162 cm³/mol. The number of nitrogens with two attached hydrogens (primary N) is 1. The van der Waals surface area contributed by atoms with E-state index in [1.54, 1.807) is 12.1 Å². The van der Waals surface area contributed by atoms with Crippen molar-refractivity contribution in [3.8, 4) is 0 Å². The summed E-state index contributed by atoms with van der Waals surface area (Å²) in [5.74, 6) is 0. The number of rotatable bonds is 6. The Bertz CT molecular complexity index is 1610. The maximum Gasteiger partial charge on any atom is 0.241 e. The van der Waals surface area contributed by atoms with Gasteiger partial charge in [0.2, 0.25) is 10.0 Å². The van der Waals surface area contributed by atoms with Gasteiger partial charge in [0, 0.05) is 19.5 Å². The van der Waals surface area contributed by atoms with Crippen LogP contribution in [0.4, 0.5) is 0 Å². The zero-order valence-corrected chi connectivity index (χ0v) is 25.8. The summed E-state index contributed by atoms with van der Waals surface area (Å²) in [4.78, 5) is 0.220. The minimum absolute atomic E-state index is 0. The van der Waals surface area contributed by atoms with Gasteiger partial charge in [0.05, 0.1) is 17.0 Å². The number of fused-ring (bicyclic) bond motifs is 1. The Morgan fingerprint density at radius 1 is 0.575 bits per heavy atom. The van der Waals surface area contributed by atoms with Crippen LogP contribution in [-0.2, 0) is 29.5 Å². The summed E-state index contributed by atoms with van der Waals surface area (Å²) in [6, 6.07) is 35.1. The van der Waals surface area contributed by atoms with Crippen LogP contribution in [0.25, 0.3) is 10.8 Å². The number of benzene rings is 5. The molecule has 0 aromatic heterocycles. The summed E-state index contributed by atoms with van der Waals surface area (Å²) in [5.41, 5.74) is 13.8. The van der Waals surface area contributed by atoms with E-state index in [4.69, 9.17) is 5.73 Å². The van der Waals surface area contributed by atoms with Crippen LogP contribution in [-0.4, -0.2) is 8.42 Å². The van der Waals surface area contributed by atoms with Crippen LogP contribution in [0.1, 0.15) is 45.5 Å². The second-order valence-electron chi connectivity index (χ2n) is 9.98. The predicted octanol–water partition coefficient (Wildman–Crippen LogP) is 7.48. The van der Waals surface area contributed by atoms with Gasteiger partial charge in [0.25, 0.3) is 0 Å². The molecule has 6 heteroatoms. The first kappa shape index (κ1) is 31.4. The van der Waals surface area contributed by atoms with Gasteiger partial charge in [-0.05, 0) is 84.0 Å². The quantitative estimate of drug-likeness (QED) is 0.190. The molecule has 0 saturated heterocycles. The number of hydrogen-bond donors (Lipinski definition) is 2. The van der Waals surface area contributed by atoms with E-state index in [1.165, 1.54) is 22.3 Å². The molecule has 0 fully saturated rings. The number of sulfonamides is 1. The van der Waals surface area contributed by atoms with Crippen LogP contribution in [0.5, 0.6) is 0 Å². The summed E-state index contributed by atoms with van der Waals surface area (Å²) in [7, 11) is -3.78. The van der Waals surface area contributed by atoms with E-state index >= 15 is 0 Å². The summed E-state index contributed by atoms with van der Waals surface area (Å²) in [6.07, 6.45) is 0. The Labute approximate surface area is 251 Å². The molecule has 3 N–H and O–H groups in total. The first-order valence-electron chi connectivity index (χ1n) is 13.1. The van der Waals surface area contributed by atoms with Crippen LogP contribution in [0.15, 0.2) is 120 Å². The van der Waals surface area contributed by atoms with Crippen molar-refractivity contribution in [1.29, 1.82) is 0 Å². The third-order valence-corrected chi connectivity index (χ3v) is 8.56. The van der Waals surface area contributed by atoms with Crippen molar-refractivity contribution >= 4 is 20.8 Å². The van der Waals surface area contributed by atoms with Crippen molar-refractivity contribution in [2.45, 2.75) is 44.7 Å². The molecule has 0 spiro atoms. The Morgan fingerprint density at radius 3 is 1.55 bits per heavy atom. The zero-order chi connectivity index (χ0) is 28.0. The van der Waals surface area contributed by atoms with E-state index in [1.807, 2.05) is 91.0 Å². The molecular weight excluding hydrogens is 602 g/mol. The summed E-state index contributed by atoms with van der Waals surface area (Å²) < 4.78 is 29.3. The molecule has 2 atom stereocenters. The average Bonchev–Trinajstić information content (AvgIpc) is 2.95. The summed E-state index contributed by atoms with van der Waals surface area (Å²) in [5, 5.41) is 1.87. The molecule has 0 radical (unpaired) electrons. The molecule has 4 nitrogen and oxygen atoms in total. The molecule has 208 valence electrons. The third kappa shape index (κ3) is 7.74. The number of nitrogens with one attached hydrogen (secondary N) is 1. The van der Waals surface area contributed by atoms with Gasteiger partial charge in [-0.1, -0.05) is 103 Å². The smallest absolute Gasteiger partial charge is 0.241 e. The fourth-order valence-corrected chi connectivity index (χ4v) is 5.83. The maximum atomic E-state index is 13.2. The molecule has 40 heavy (non-hydrogen) atoms.